The molecule has 6 nitrogen and oxygen atoms in total. The van der Waals surface area contributed by atoms with E-state index in [0.717, 1.165) is 37.7 Å². The van der Waals surface area contributed by atoms with Crippen LogP contribution in [0.5, 0.6) is 0 Å². The van der Waals surface area contributed by atoms with Gasteiger partial charge in [-0.05, 0) is 48.3 Å². The second-order valence-corrected chi connectivity index (χ2v) is 8.84. The van der Waals surface area contributed by atoms with Crippen LogP contribution in [0.1, 0.15) is 56.2 Å². The smallest absolute Gasteiger partial charge is 0.308 e. The molecule has 0 saturated carbocycles. The van der Waals surface area contributed by atoms with Crippen LogP contribution in [0.2, 0.25) is 0 Å². The fourth-order valence-corrected chi connectivity index (χ4v) is 3.56. The Labute approximate surface area is 203 Å². The lowest BCUT2D eigenvalue weighted by molar-refractivity contribution is -0.147. The number of hydrogen-bond acceptors (Lipinski definition) is 5. The van der Waals surface area contributed by atoms with Crippen LogP contribution in [0, 0.1) is 5.92 Å². The summed E-state index contributed by atoms with van der Waals surface area (Å²) in [7, 11) is 0. The number of benzene rings is 2. The quantitative estimate of drug-likeness (QED) is 0.307. The van der Waals surface area contributed by atoms with Crippen molar-refractivity contribution in [2.45, 2.75) is 64.8 Å². The van der Waals surface area contributed by atoms with Crippen molar-refractivity contribution in [2.24, 2.45) is 11.7 Å². The van der Waals surface area contributed by atoms with E-state index in [4.69, 9.17) is 10.5 Å². The molecule has 0 aromatic heterocycles. The van der Waals surface area contributed by atoms with Crippen LogP contribution in [-0.2, 0) is 38.4 Å². The first-order chi connectivity index (χ1) is 16.4. The van der Waals surface area contributed by atoms with Crippen molar-refractivity contribution in [3.05, 3.63) is 71.3 Å². The topological polar surface area (TPSA) is 98.5 Å². The molecule has 1 unspecified atom stereocenters. The molecule has 2 rings (SSSR count). The number of ketones is 1. The van der Waals surface area contributed by atoms with Crippen molar-refractivity contribution in [3.63, 3.8) is 0 Å². The Morgan fingerprint density at radius 3 is 2.12 bits per heavy atom. The molecule has 0 aliphatic heterocycles. The minimum absolute atomic E-state index is 0.00517. The van der Waals surface area contributed by atoms with Gasteiger partial charge in [-0.3, -0.25) is 14.4 Å². The number of ether oxygens (including phenoxy) is 1. The maximum Gasteiger partial charge on any atom is 0.308 e. The summed E-state index contributed by atoms with van der Waals surface area (Å²) in [5.41, 5.74) is 9.38. The first kappa shape index (κ1) is 27.3. The molecule has 0 fully saturated rings. The maximum atomic E-state index is 12.2. The molecule has 6 heteroatoms. The Bertz CT molecular complexity index is 896. The van der Waals surface area contributed by atoms with Gasteiger partial charge in [0.05, 0.1) is 12.5 Å². The lowest BCUT2D eigenvalue weighted by atomic mass is 9.99. The number of hydrogen-bond donors (Lipinski definition) is 2. The van der Waals surface area contributed by atoms with Crippen molar-refractivity contribution >= 4 is 17.7 Å². The molecule has 0 radical (unpaired) electrons. The van der Waals surface area contributed by atoms with Gasteiger partial charge in [0.2, 0.25) is 5.91 Å². The van der Waals surface area contributed by atoms with Gasteiger partial charge < -0.3 is 15.8 Å². The number of rotatable bonds is 15. The Morgan fingerprint density at radius 2 is 1.50 bits per heavy atom. The van der Waals surface area contributed by atoms with Gasteiger partial charge in [0.1, 0.15) is 6.61 Å². The molecule has 0 aliphatic rings. The fraction of sp³-hybridized carbons (Fsp3) is 0.464. The van der Waals surface area contributed by atoms with E-state index < -0.39 is 12.0 Å². The first-order valence-corrected chi connectivity index (χ1v) is 12.2. The zero-order chi connectivity index (χ0) is 24.8. The summed E-state index contributed by atoms with van der Waals surface area (Å²) in [4.78, 5) is 35.9. The Hall–Kier alpha value is -2.99. The van der Waals surface area contributed by atoms with E-state index in [1.54, 1.807) is 0 Å². The maximum absolute atomic E-state index is 12.2. The third-order valence-electron chi connectivity index (χ3n) is 6.03. The number of carbonyl (C=O) groups excluding carboxylic acids is 3. The molecule has 2 aromatic rings. The van der Waals surface area contributed by atoms with Crippen LogP contribution in [0.3, 0.4) is 0 Å². The third kappa shape index (κ3) is 10.3. The van der Waals surface area contributed by atoms with E-state index in [2.05, 4.69) is 41.7 Å². The molecule has 0 heterocycles. The van der Waals surface area contributed by atoms with Crippen molar-refractivity contribution in [2.75, 3.05) is 13.2 Å². The molecular formula is C28H38N2O4. The molecule has 0 aliphatic carbocycles. The summed E-state index contributed by atoms with van der Waals surface area (Å²) in [6, 6.07) is 17.9. The highest BCUT2D eigenvalue weighted by molar-refractivity contribution is 5.85. The van der Waals surface area contributed by atoms with Gasteiger partial charge in [-0.15, -0.1) is 0 Å². The van der Waals surface area contributed by atoms with E-state index in [1.807, 2.05) is 32.0 Å². The molecule has 0 bridgehead atoms. The summed E-state index contributed by atoms with van der Waals surface area (Å²) in [6.07, 6.45) is 5.39. The molecule has 3 N–H and O–H groups in total. The molecule has 0 spiro atoms. The lowest BCUT2D eigenvalue weighted by Gasteiger charge is -2.17. The average molecular weight is 467 g/mol. The van der Waals surface area contributed by atoms with Crippen molar-refractivity contribution < 1.29 is 19.1 Å². The highest BCUT2D eigenvalue weighted by Crippen LogP contribution is 2.11. The second-order valence-electron chi connectivity index (χ2n) is 8.84. The highest BCUT2D eigenvalue weighted by atomic mass is 16.5. The lowest BCUT2D eigenvalue weighted by Crippen LogP contribution is -2.45. The zero-order valence-electron chi connectivity index (χ0n) is 20.4. The van der Waals surface area contributed by atoms with E-state index in [-0.39, 0.29) is 43.6 Å². The van der Waals surface area contributed by atoms with Crippen molar-refractivity contribution in [1.82, 2.24) is 5.32 Å². The van der Waals surface area contributed by atoms with E-state index >= 15 is 0 Å². The number of nitrogens with one attached hydrogen (secondary N) is 1. The second kappa shape index (κ2) is 15.0. The number of nitrogens with two attached hydrogens (primary N) is 1. The summed E-state index contributed by atoms with van der Waals surface area (Å²) in [6.45, 7) is 3.75. The number of amides is 1. The number of carbonyl (C=O) groups is 3. The fourth-order valence-electron chi connectivity index (χ4n) is 3.56. The van der Waals surface area contributed by atoms with Gasteiger partial charge in [-0.1, -0.05) is 74.9 Å². The normalized spacial score (nSPS) is 12.6. The standard InChI is InChI=1S/C28H38N2O4/c1-3-21(2)27(29)28(33)30-18-17-26(32)34-20-25(31)19-24-15-13-23(14-16-24)12-8-7-11-22-9-5-4-6-10-22/h4-6,9-10,13-16,21,27H,3,7-8,11-12,17-20,29H2,1-2H3,(H,30,33)/t21?,27-/m0/s1. The van der Waals surface area contributed by atoms with Gasteiger partial charge >= 0.3 is 5.97 Å². The molecule has 2 aromatic carbocycles. The van der Waals surface area contributed by atoms with Crippen LogP contribution in [-0.4, -0.2) is 36.9 Å². The minimum atomic E-state index is -0.594. The Morgan fingerprint density at radius 1 is 0.912 bits per heavy atom. The largest absolute Gasteiger partial charge is 0.458 e. The number of esters is 1. The van der Waals surface area contributed by atoms with Crippen LogP contribution in [0.4, 0.5) is 0 Å². The van der Waals surface area contributed by atoms with E-state index in [0.29, 0.717) is 0 Å². The summed E-state index contributed by atoms with van der Waals surface area (Å²) >= 11 is 0. The van der Waals surface area contributed by atoms with Gasteiger partial charge in [-0.2, -0.15) is 0 Å². The van der Waals surface area contributed by atoms with Crippen LogP contribution in [0.15, 0.2) is 54.6 Å². The predicted octanol–water partition coefficient (Wildman–Crippen LogP) is 3.79. The van der Waals surface area contributed by atoms with Gasteiger partial charge in [0.25, 0.3) is 0 Å². The molecule has 2 atom stereocenters. The van der Waals surface area contributed by atoms with E-state index in [1.165, 1.54) is 11.1 Å². The summed E-state index contributed by atoms with van der Waals surface area (Å²) < 4.78 is 5.04. The van der Waals surface area contributed by atoms with Gasteiger partial charge in [-0.25, -0.2) is 0 Å². The molecule has 1 amide bonds. The Kier molecular flexibility index (Phi) is 12.0. The SMILES string of the molecule is CCC(C)[C@H](N)C(=O)NCCC(=O)OCC(=O)Cc1ccc(CCCCc2ccccc2)cc1. The summed E-state index contributed by atoms with van der Waals surface area (Å²) in [5.74, 6) is -0.889. The number of unbranched alkanes of at least 4 members (excludes halogenated alkanes) is 1. The number of aryl methyl sites for hydroxylation is 2. The molecule has 184 valence electrons. The third-order valence-corrected chi connectivity index (χ3v) is 6.03. The van der Waals surface area contributed by atoms with Crippen LogP contribution < -0.4 is 11.1 Å². The Balaban J connectivity index is 1.60. The van der Waals surface area contributed by atoms with Crippen LogP contribution >= 0.6 is 0 Å². The minimum Gasteiger partial charge on any atom is -0.458 e. The number of Topliss-reactive ketones (excluding diaryl/α,β-unsaturated/α-hetero) is 1. The van der Waals surface area contributed by atoms with Crippen molar-refractivity contribution in [3.8, 4) is 0 Å². The van der Waals surface area contributed by atoms with E-state index in [9.17, 15) is 14.4 Å². The highest BCUT2D eigenvalue weighted by Gasteiger charge is 2.19. The monoisotopic (exact) mass is 466 g/mol. The van der Waals surface area contributed by atoms with Gasteiger partial charge in [0.15, 0.2) is 5.78 Å². The first-order valence-electron chi connectivity index (χ1n) is 12.2. The van der Waals surface area contributed by atoms with Gasteiger partial charge in [0, 0.05) is 13.0 Å². The zero-order valence-corrected chi connectivity index (χ0v) is 20.4. The van der Waals surface area contributed by atoms with Crippen LogP contribution in [0.25, 0.3) is 0 Å². The molecular weight excluding hydrogens is 428 g/mol. The van der Waals surface area contributed by atoms with Crippen molar-refractivity contribution in [1.29, 1.82) is 0 Å². The summed E-state index contributed by atoms with van der Waals surface area (Å²) in [5, 5.41) is 2.64. The molecule has 34 heavy (non-hydrogen) atoms. The predicted molar refractivity (Wildman–Crippen MR) is 134 cm³/mol. The molecule has 0 saturated heterocycles. The average Bonchev–Trinajstić information content (AvgIpc) is 2.86.